The lowest BCUT2D eigenvalue weighted by atomic mass is 10.1. The van der Waals surface area contributed by atoms with Gasteiger partial charge in [-0.3, -0.25) is 9.59 Å². The van der Waals surface area contributed by atoms with Crippen LogP contribution in [0.15, 0.2) is 24.3 Å². The highest BCUT2D eigenvalue weighted by atomic mass is 16.7. The molecule has 294 valence electrons. The van der Waals surface area contributed by atoms with Crippen molar-refractivity contribution in [2.75, 3.05) is 26.4 Å². The largest absolute Gasteiger partial charge is 0.466 e. The predicted molar refractivity (Wildman–Crippen MR) is 208 cm³/mol. The summed E-state index contributed by atoms with van der Waals surface area (Å²) < 4.78 is 22.7. The number of unbranched alkanes of at least 4 members (excludes halogenated alkanes) is 18. The summed E-state index contributed by atoms with van der Waals surface area (Å²) in [7, 11) is 0. The van der Waals surface area contributed by atoms with Gasteiger partial charge in [0.2, 0.25) is 0 Å². The minimum Gasteiger partial charge on any atom is -0.466 e. The Balaban J connectivity index is 3.93. The second-order valence-electron chi connectivity index (χ2n) is 13.9. The highest BCUT2D eigenvalue weighted by molar-refractivity contribution is 5.69. The van der Waals surface area contributed by atoms with Gasteiger partial charge in [-0.2, -0.15) is 0 Å². The Kier molecular flexibility index (Phi) is 38.7. The molecule has 0 aromatic carbocycles. The number of ether oxygens (including phenoxy) is 4. The van der Waals surface area contributed by atoms with E-state index in [0.29, 0.717) is 38.9 Å². The van der Waals surface area contributed by atoms with Crippen LogP contribution >= 0.6 is 0 Å². The van der Waals surface area contributed by atoms with Gasteiger partial charge in [0.15, 0.2) is 6.29 Å². The molecule has 0 fully saturated rings. The van der Waals surface area contributed by atoms with Crippen LogP contribution in [0.5, 0.6) is 0 Å². The van der Waals surface area contributed by atoms with Gasteiger partial charge >= 0.3 is 11.9 Å². The van der Waals surface area contributed by atoms with Gasteiger partial charge in [0.05, 0.1) is 25.7 Å². The summed E-state index contributed by atoms with van der Waals surface area (Å²) in [6, 6.07) is 0. The quantitative estimate of drug-likeness (QED) is 0.0294. The summed E-state index contributed by atoms with van der Waals surface area (Å²) in [5.74, 6) is -0.515. The summed E-state index contributed by atoms with van der Waals surface area (Å²) >= 11 is 0. The zero-order valence-corrected chi connectivity index (χ0v) is 33.0. The monoisotopic (exact) mass is 709 g/mol. The summed E-state index contributed by atoms with van der Waals surface area (Å²) in [4.78, 5) is 24.4. The van der Waals surface area contributed by atoms with Gasteiger partial charge in [-0.05, 0) is 51.4 Å². The van der Waals surface area contributed by atoms with E-state index < -0.39 is 6.10 Å². The molecule has 0 heterocycles. The second kappa shape index (κ2) is 40.1. The van der Waals surface area contributed by atoms with E-state index in [4.69, 9.17) is 18.9 Å². The number of hydrogen-bond donors (Lipinski definition) is 1. The molecule has 0 rings (SSSR count). The molecule has 0 radical (unpaired) electrons. The van der Waals surface area contributed by atoms with Crippen LogP contribution in [0, 0.1) is 0 Å². The summed E-state index contributed by atoms with van der Waals surface area (Å²) in [5.41, 5.74) is 0. The Morgan fingerprint density at radius 2 is 0.900 bits per heavy atom. The molecule has 1 N–H and O–H groups in total. The van der Waals surface area contributed by atoms with E-state index in [2.05, 4.69) is 45.1 Å². The molecule has 7 nitrogen and oxygen atoms in total. The molecular weight excluding hydrogens is 628 g/mol. The van der Waals surface area contributed by atoms with E-state index >= 15 is 0 Å². The number of aliphatic hydroxyl groups is 1. The SMILES string of the molecule is CCCCC/C=C\C/C=C\CCCCCCCC(=O)OCCC(O)CCOC(=O)CCC(OCCCCCCCC)OCCCCCCCC. The fraction of sp³-hybridized carbons (Fsp3) is 0.860. The molecule has 0 aromatic rings. The molecule has 0 bridgehead atoms. The number of aliphatic hydroxyl groups excluding tert-OH is 1. The number of rotatable bonds is 39. The van der Waals surface area contributed by atoms with Gasteiger partial charge in [-0.15, -0.1) is 0 Å². The maximum atomic E-state index is 12.4. The van der Waals surface area contributed by atoms with Gasteiger partial charge in [-0.1, -0.05) is 141 Å². The molecule has 0 spiro atoms. The van der Waals surface area contributed by atoms with Crippen molar-refractivity contribution in [2.45, 2.75) is 213 Å². The molecule has 0 saturated heterocycles. The number of allylic oxidation sites excluding steroid dienone is 4. The topological polar surface area (TPSA) is 91.3 Å². The minimum atomic E-state index is -0.680. The fourth-order valence-electron chi connectivity index (χ4n) is 5.63. The Bertz CT molecular complexity index is 763. The van der Waals surface area contributed by atoms with Crippen LogP contribution in [0.3, 0.4) is 0 Å². The molecule has 0 aliphatic heterocycles. The molecule has 0 aliphatic rings. The molecule has 0 saturated carbocycles. The maximum absolute atomic E-state index is 12.4. The zero-order chi connectivity index (χ0) is 36.6. The third-order valence-electron chi connectivity index (χ3n) is 8.95. The van der Waals surface area contributed by atoms with Crippen LogP contribution < -0.4 is 0 Å². The first-order chi connectivity index (χ1) is 24.5. The van der Waals surface area contributed by atoms with E-state index in [9.17, 15) is 14.7 Å². The van der Waals surface area contributed by atoms with Crippen molar-refractivity contribution in [3.63, 3.8) is 0 Å². The lowest BCUT2D eigenvalue weighted by Gasteiger charge is -2.19. The Morgan fingerprint density at radius 3 is 1.44 bits per heavy atom. The molecular formula is C43H80O7. The second-order valence-corrected chi connectivity index (χ2v) is 13.9. The average molecular weight is 709 g/mol. The summed E-state index contributed by atoms with van der Waals surface area (Å²) in [6.45, 7) is 8.30. The van der Waals surface area contributed by atoms with Gasteiger partial charge in [-0.25, -0.2) is 0 Å². The van der Waals surface area contributed by atoms with Crippen LogP contribution in [-0.4, -0.2) is 55.9 Å². The lowest BCUT2D eigenvalue weighted by molar-refractivity contribution is -0.159. The van der Waals surface area contributed by atoms with Crippen molar-refractivity contribution in [1.29, 1.82) is 0 Å². The van der Waals surface area contributed by atoms with Crippen molar-refractivity contribution < 1.29 is 33.6 Å². The first-order valence-electron chi connectivity index (χ1n) is 21.1. The first kappa shape index (κ1) is 48.3. The number of hydrogen-bond acceptors (Lipinski definition) is 7. The highest BCUT2D eigenvalue weighted by Crippen LogP contribution is 2.13. The maximum Gasteiger partial charge on any atom is 0.305 e. The average Bonchev–Trinajstić information content (AvgIpc) is 3.11. The minimum absolute atomic E-state index is 0.141. The molecule has 0 amide bonds. The third-order valence-corrected chi connectivity index (χ3v) is 8.95. The predicted octanol–water partition coefficient (Wildman–Crippen LogP) is 11.9. The summed E-state index contributed by atoms with van der Waals surface area (Å²) in [6.07, 6.45) is 36.8. The van der Waals surface area contributed by atoms with Crippen molar-refractivity contribution >= 4 is 11.9 Å². The van der Waals surface area contributed by atoms with Crippen LogP contribution in [0.2, 0.25) is 0 Å². The molecule has 0 aliphatic carbocycles. The van der Waals surface area contributed by atoms with E-state index in [-0.39, 0.29) is 37.9 Å². The lowest BCUT2D eigenvalue weighted by Crippen LogP contribution is -2.21. The normalized spacial score (nSPS) is 12.4. The van der Waals surface area contributed by atoms with Crippen LogP contribution in [0.1, 0.15) is 201 Å². The molecule has 1 unspecified atom stereocenters. The Hall–Kier alpha value is -1.70. The van der Waals surface area contributed by atoms with Gasteiger partial charge < -0.3 is 24.1 Å². The van der Waals surface area contributed by atoms with E-state index in [1.807, 2.05) is 0 Å². The van der Waals surface area contributed by atoms with Crippen LogP contribution in [0.25, 0.3) is 0 Å². The highest BCUT2D eigenvalue weighted by Gasteiger charge is 2.14. The molecule has 7 heteroatoms. The fourth-order valence-corrected chi connectivity index (χ4v) is 5.63. The van der Waals surface area contributed by atoms with Crippen molar-refractivity contribution in [1.82, 2.24) is 0 Å². The Labute approximate surface area is 308 Å². The summed E-state index contributed by atoms with van der Waals surface area (Å²) in [5, 5.41) is 10.3. The number of carbonyl (C=O) groups excluding carboxylic acids is 2. The molecule has 50 heavy (non-hydrogen) atoms. The van der Waals surface area contributed by atoms with Crippen molar-refractivity contribution in [3.8, 4) is 0 Å². The molecule has 0 aromatic heterocycles. The van der Waals surface area contributed by atoms with Crippen LogP contribution in [0.4, 0.5) is 0 Å². The van der Waals surface area contributed by atoms with E-state index in [1.165, 1.54) is 89.9 Å². The van der Waals surface area contributed by atoms with Gasteiger partial charge in [0, 0.05) is 38.9 Å². The van der Waals surface area contributed by atoms with Crippen molar-refractivity contribution in [2.24, 2.45) is 0 Å². The van der Waals surface area contributed by atoms with E-state index in [0.717, 1.165) is 57.8 Å². The van der Waals surface area contributed by atoms with Gasteiger partial charge in [0.25, 0.3) is 0 Å². The Morgan fingerprint density at radius 1 is 0.480 bits per heavy atom. The van der Waals surface area contributed by atoms with Crippen molar-refractivity contribution in [3.05, 3.63) is 24.3 Å². The van der Waals surface area contributed by atoms with Crippen LogP contribution in [-0.2, 0) is 28.5 Å². The zero-order valence-electron chi connectivity index (χ0n) is 33.0. The molecule has 1 atom stereocenters. The smallest absolute Gasteiger partial charge is 0.305 e. The first-order valence-corrected chi connectivity index (χ1v) is 21.1. The number of esters is 2. The van der Waals surface area contributed by atoms with Gasteiger partial charge in [0.1, 0.15) is 0 Å². The van der Waals surface area contributed by atoms with E-state index in [1.54, 1.807) is 0 Å². The standard InChI is InChI=1S/C43H80O7/c1-4-7-10-13-16-17-18-19-20-21-22-23-24-25-28-31-41(45)47-38-34-40(44)35-39-48-42(46)32-33-43(49-36-29-26-14-11-8-5-2)50-37-30-27-15-12-9-6-3/h16-17,19-20,40,43-44H,4-15,18,21-39H2,1-3H3/b17-16-,20-19-. The number of carbonyl (C=O) groups is 2. The third kappa shape index (κ3) is 37.6.